The van der Waals surface area contributed by atoms with Crippen molar-refractivity contribution in [1.82, 2.24) is 9.97 Å². The fourth-order valence-electron chi connectivity index (χ4n) is 1.53. The Balaban J connectivity index is 2.74. The van der Waals surface area contributed by atoms with Crippen LogP contribution in [0.1, 0.15) is 11.3 Å². The topological polar surface area (TPSA) is 52.5 Å². The molecule has 0 aromatic carbocycles. The number of nitrogens with one attached hydrogen (secondary N) is 1. The van der Waals surface area contributed by atoms with Crippen molar-refractivity contribution in [2.24, 2.45) is 0 Å². The van der Waals surface area contributed by atoms with Crippen LogP contribution in [0.25, 0.3) is 11.0 Å². The maximum Gasteiger partial charge on any atom is 0.137 e. The number of halogens is 1. The summed E-state index contributed by atoms with van der Waals surface area (Å²) in [5.41, 5.74) is 2.76. The van der Waals surface area contributed by atoms with E-state index in [9.17, 15) is 0 Å². The number of pyridine rings is 1. The van der Waals surface area contributed by atoms with Crippen LogP contribution in [0.3, 0.4) is 0 Å². The molecule has 4 heteroatoms. The van der Waals surface area contributed by atoms with Gasteiger partial charge >= 0.3 is 0 Å². The monoisotopic (exact) mass is 205 g/mol. The van der Waals surface area contributed by atoms with Gasteiger partial charge < -0.3 is 4.98 Å². The molecule has 2 aromatic heterocycles. The van der Waals surface area contributed by atoms with Crippen molar-refractivity contribution in [3.63, 3.8) is 0 Å². The Bertz CT molecular complexity index is 522. The van der Waals surface area contributed by atoms with Crippen molar-refractivity contribution in [3.8, 4) is 6.07 Å². The minimum atomic E-state index is 0.383. The first-order valence-corrected chi connectivity index (χ1v) is 4.60. The maximum atomic E-state index is 8.67. The van der Waals surface area contributed by atoms with E-state index in [1.807, 2.05) is 13.0 Å². The highest BCUT2D eigenvalue weighted by Crippen LogP contribution is 2.23. The van der Waals surface area contributed by atoms with Gasteiger partial charge in [-0.15, -0.1) is 0 Å². The van der Waals surface area contributed by atoms with Gasteiger partial charge in [0.2, 0.25) is 0 Å². The first-order valence-electron chi connectivity index (χ1n) is 4.22. The van der Waals surface area contributed by atoms with Crippen LogP contribution in [0.5, 0.6) is 0 Å². The number of hydrogen-bond acceptors (Lipinski definition) is 2. The lowest BCUT2D eigenvalue weighted by molar-refractivity contribution is 1.18. The fourth-order valence-corrected chi connectivity index (χ4v) is 1.69. The molecule has 0 saturated heterocycles. The maximum absolute atomic E-state index is 8.67. The molecule has 2 rings (SSSR count). The molecule has 0 spiro atoms. The van der Waals surface area contributed by atoms with Crippen LogP contribution >= 0.6 is 11.6 Å². The standard InChI is InChI=1S/C10H8ClN3/c1-6-8(2-3-12)9-4-7(11)5-13-10(9)14-6/h4-5H,2H2,1H3,(H,13,14). The number of hydrogen-bond donors (Lipinski definition) is 1. The molecule has 0 aliphatic carbocycles. The number of H-pyrrole nitrogens is 1. The Morgan fingerprint density at radius 2 is 2.43 bits per heavy atom. The van der Waals surface area contributed by atoms with Crippen LogP contribution < -0.4 is 0 Å². The molecule has 0 atom stereocenters. The second-order valence-electron chi connectivity index (χ2n) is 3.11. The van der Waals surface area contributed by atoms with Crippen molar-refractivity contribution < 1.29 is 0 Å². The van der Waals surface area contributed by atoms with Crippen LogP contribution in [0, 0.1) is 18.3 Å². The minimum Gasteiger partial charge on any atom is -0.343 e. The van der Waals surface area contributed by atoms with E-state index in [1.165, 1.54) is 0 Å². The van der Waals surface area contributed by atoms with E-state index in [0.29, 0.717) is 11.4 Å². The zero-order chi connectivity index (χ0) is 10.1. The van der Waals surface area contributed by atoms with Crippen molar-refractivity contribution >= 4 is 22.6 Å². The molecule has 0 aliphatic rings. The predicted octanol–water partition coefficient (Wildman–Crippen LogP) is 2.59. The number of aryl methyl sites for hydroxylation is 1. The average molecular weight is 206 g/mol. The first-order chi connectivity index (χ1) is 6.72. The molecule has 14 heavy (non-hydrogen) atoms. The largest absolute Gasteiger partial charge is 0.343 e. The highest BCUT2D eigenvalue weighted by atomic mass is 35.5. The summed E-state index contributed by atoms with van der Waals surface area (Å²) < 4.78 is 0. The van der Waals surface area contributed by atoms with Gasteiger partial charge in [-0.2, -0.15) is 5.26 Å². The summed E-state index contributed by atoms with van der Waals surface area (Å²) in [6, 6.07) is 3.97. The van der Waals surface area contributed by atoms with E-state index in [0.717, 1.165) is 22.3 Å². The van der Waals surface area contributed by atoms with Crippen LogP contribution in [0.15, 0.2) is 12.3 Å². The van der Waals surface area contributed by atoms with E-state index < -0.39 is 0 Å². The number of fused-ring (bicyclic) bond motifs is 1. The molecule has 0 unspecified atom stereocenters. The van der Waals surface area contributed by atoms with Gasteiger partial charge in [-0.25, -0.2) is 4.98 Å². The van der Waals surface area contributed by atoms with E-state index in [-0.39, 0.29) is 0 Å². The summed E-state index contributed by atoms with van der Waals surface area (Å²) in [6.07, 6.45) is 1.98. The number of nitriles is 1. The normalized spacial score (nSPS) is 10.4. The Hall–Kier alpha value is -1.53. The first kappa shape index (κ1) is 9.04. The van der Waals surface area contributed by atoms with Gasteiger partial charge in [0.25, 0.3) is 0 Å². The van der Waals surface area contributed by atoms with Gasteiger partial charge in [0, 0.05) is 17.3 Å². The summed E-state index contributed by atoms with van der Waals surface area (Å²) in [7, 11) is 0. The van der Waals surface area contributed by atoms with Gasteiger partial charge in [-0.1, -0.05) is 11.6 Å². The smallest absolute Gasteiger partial charge is 0.137 e. The lowest BCUT2D eigenvalue weighted by Crippen LogP contribution is -1.82. The highest BCUT2D eigenvalue weighted by Gasteiger charge is 2.08. The molecule has 70 valence electrons. The van der Waals surface area contributed by atoms with Crippen LogP contribution in [0.4, 0.5) is 0 Å². The van der Waals surface area contributed by atoms with Crippen molar-refractivity contribution in [3.05, 3.63) is 28.5 Å². The molecule has 2 heterocycles. The number of rotatable bonds is 1. The predicted molar refractivity (Wildman–Crippen MR) is 55.2 cm³/mol. The van der Waals surface area contributed by atoms with Crippen LogP contribution in [0.2, 0.25) is 5.02 Å². The summed E-state index contributed by atoms with van der Waals surface area (Å²) >= 11 is 5.84. The minimum absolute atomic E-state index is 0.383. The van der Waals surface area contributed by atoms with E-state index in [4.69, 9.17) is 16.9 Å². The second-order valence-corrected chi connectivity index (χ2v) is 3.55. The van der Waals surface area contributed by atoms with Gasteiger partial charge in [0.15, 0.2) is 0 Å². The van der Waals surface area contributed by atoms with Crippen LogP contribution in [-0.2, 0) is 6.42 Å². The Morgan fingerprint density at radius 3 is 3.14 bits per heavy atom. The Labute approximate surface area is 86.3 Å². The molecule has 0 bridgehead atoms. The lowest BCUT2D eigenvalue weighted by atomic mass is 10.1. The van der Waals surface area contributed by atoms with E-state index >= 15 is 0 Å². The van der Waals surface area contributed by atoms with E-state index in [2.05, 4.69) is 16.0 Å². The second kappa shape index (κ2) is 3.32. The Morgan fingerprint density at radius 1 is 1.64 bits per heavy atom. The molecule has 3 nitrogen and oxygen atoms in total. The van der Waals surface area contributed by atoms with Crippen molar-refractivity contribution in [2.45, 2.75) is 13.3 Å². The van der Waals surface area contributed by atoms with Gasteiger partial charge in [0.05, 0.1) is 17.5 Å². The third-order valence-corrected chi connectivity index (χ3v) is 2.40. The van der Waals surface area contributed by atoms with Crippen molar-refractivity contribution in [1.29, 1.82) is 5.26 Å². The number of aromatic amines is 1. The van der Waals surface area contributed by atoms with Gasteiger partial charge in [-0.3, -0.25) is 0 Å². The fraction of sp³-hybridized carbons (Fsp3) is 0.200. The zero-order valence-electron chi connectivity index (χ0n) is 7.63. The molecule has 2 aromatic rings. The molecule has 0 amide bonds. The lowest BCUT2D eigenvalue weighted by Gasteiger charge is -1.93. The molecule has 1 N–H and O–H groups in total. The third-order valence-electron chi connectivity index (χ3n) is 2.19. The SMILES string of the molecule is Cc1[nH]c2ncc(Cl)cc2c1CC#N. The summed E-state index contributed by atoms with van der Waals surface area (Å²) in [6.45, 7) is 1.93. The van der Waals surface area contributed by atoms with Gasteiger partial charge in [0.1, 0.15) is 5.65 Å². The van der Waals surface area contributed by atoms with Gasteiger partial charge in [-0.05, 0) is 18.6 Å². The number of aromatic nitrogens is 2. The molecule has 0 fully saturated rings. The quantitative estimate of drug-likeness (QED) is 0.778. The van der Waals surface area contributed by atoms with E-state index in [1.54, 1.807) is 6.20 Å². The average Bonchev–Trinajstić information content (AvgIpc) is 2.45. The van der Waals surface area contributed by atoms with Crippen molar-refractivity contribution in [2.75, 3.05) is 0 Å². The number of nitrogens with zero attached hydrogens (tertiary/aromatic N) is 2. The molecular formula is C10H8ClN3. The third kappa shape index (κ3) is 1.34. The summed E-state index contributed by atoms with van der Waals surface area (Å²) in [5.74, 6) is 0. The van der Waals surface area contributed by atoms with Crippen LogP contribution in [-0.4, -0.2) is 9.97 Å². The zero-order valence-corrected chi connectivity index (χ0v) is 8.39. The molecular weight excluding hydrogens is 198 g/mol. The highest BCUT2D eigenvalue weighted by molar-refractivity contribution is 6.31. The molecule has 0 saturated carbocycles. The molecule has 0 aliphatic heterocycles. The summed E-state index contributed by atoms with van der Waals surface area (Å²) in [4.78, 5) is 7.27. The summed E-state index contributed by atoms with van der Waals surface area (Å²) in [5, 5.41) is 10.2. The Kier molecular flexibility index (Phi) is 2.14. The molecule has 0 radical (unpaired) electrons.